The molecule has 0 spiro atoms. The van der Waals surface area contributed by atoms with Crippen LogP contribution in [-0.2, 0) is 25.9 Å². The Morgan fingerprint density at radius 1 is 1.11 bits per heavy atom. The van der Waals surface area contributed by atoms with Crippen molar-refractivity contribution in [1.82, 2.24) is 24.6 Å². The molecule has 1 aliphatic heterocycles. The fourth-order valence-corrected chi connectivity index (χ4v) is 3.97. The number of pyridine rings is 1. The number of nitrogens with zero attached hydrogens (tertiary/aromatic N) is 5. The predicted octanol–water partition coefficient (Wildman–Crippen LogP) is 3.32. The van der Waals surface area contributed by atoms with E-state index in [1.807, 2.05) is 12.1 Å². The summed E-state index contributed by atoms with van der Waals surface area (Å²) in [6, 6.07) is 12.4. The van der Waals surface area contributed by atoms with Crippen molar-refractivity contribution >= 4 is 10.9 Å². The molecular formula is C21H21N5O. The topological polar surface area (TPSA) is 60.0 Å². The van der Waals surface area contributed by atoms with Gasteiger partial charge in [0.2, 0.25) is 0 Å². The third kappa shape index (κ3) is 2.92. The van der Waals surface area contributed by atoms with Crippen LogP contribution in [0.15, 0.2) is 53.3 Å². The van der Waals surface area contributed by atoms with E-state index in [9.17, 15) is 0 Å². The molecule has 4 heterocycles. The number of likely N-dealkylation sites (N-methyl/N-ethyl adjacent to an activating group) is 1. The minimum atomic E-state index is 0.549. The largest absolute Gasteiger partial charge is 0.344 e. The van der Waals surface area contributed by atoms with Crippen LogP contribution in [-0.4, -0.2) is 38.2 Å². The van der Waals surface area contributed by atoms with Crippen molar-refractivity contribution in [3.8, 4) is 11.5 Å². The number of rotatable bonds is 4. The van der Waals surface area contributed by atoms with Crippen LogP contribution in [0.4, 0.5) is 0 Å². The lowest BCUT2D eigenvalue weighted by Crippen LogP contribution is -2.27. The highest BCUT2D eigenvalue weighted by molar-refractivity contribution is 5.85. The van der Waals surface area contributed by atoms with E-state index < -0.39 is 0 Å². The van der Waals surface area contributed by atoms with Crippen LogP contribution in [0.2, 0.25) is 0 Å². The van der Waals surface area contributed by atoms with Gasteiger partial charge >= 0.3 is 0 Å². The second kappa shape index (κ2) is 6.63. The Kier molecular flexibility index (Phi) is 3.98. The zero-order chi connectivity index (χ0) is 18.2. The molecule has 6 heteroatoms. The molecule has 6 nitrogen and oxygen atoms in total. The summed E-state index contributed by atoms with van der Waals surface area (Å²) in [7, 11) is 2.19. The van der Waals surface area contributed by atoms with E-state index in [1.165, 1.54) is 22.2 Å². The summed E-state index contributed by atoms with van der Waals surface area (Å²) >= 11 is 0. The molecule has 3 aromatic heterocycles. The van der Waals surface area contributed by atoms with Gasteiger partial charge in [-0.25, -0.2) is 0 Å². The summed E-state index contributed by atoms with van der Waals surface area (Å²) in [6.07, 6.45) is 5.29. The van der Waals surface area contributed by atoms with Crippen molar-refractivity contribution < 1.29 is 4.52 Å². The smallest absolute Gasteiger partial charge is 0.258 e. The van der Waals surface area contributed by atoms with Crippen LogP contribution < -0.4 is 0 Å². The number of aryl methyl sites for hydroxylation is 2. The first-order valence-electron chi connectivity index (χ1n) is 9.30. The van der Waals surface area contributed by atoms with Crippen molar-refractivity contribution in [3.63, 3.8) is 0 Å². The van der Waals surface area contributed by atoms with Gasteiger partial charge in [-0.3, -0.25) is 4.98 Å². The zero-order valence-corrected chi connectivity index (χ0v) is 15.3. The molecule has 0 radical (unpaired) electrons. The van der Waals surface area contributed by atoms with E-state index in [2.05, 4.69) is 55.9 Å². The van der Waals surface area contributed by atoms with Crippen molar-refractivity contribution in [2.24, 2.45) is 0 Å². The monoisotopic (exact) mass is 359 g/mol. The predicted molar refractivity (Wildman–Crippen MR) is 103 cm³/mol. The average molecular weight is 359 g/mol. The lowest BCUT2D eigenvalue weighted by atomic mass is 10.1. The molecule has 0 saturated carbocycles. The molecule has 4 aromatic rings. The quantitative estimate of drug-likeness (QED) is 0.559. The number of hydrogen-bond acceptors (Lipinski definition) is 5. The Balaban J connectivity index is 1.44. The Morgan fingerprint density at radius 2 is 1.96 bits per heavy atom. The van der Waals surface area contributed by atoms with Gasteiger partial charge in [-0.05, 0) is 30.8 Å². The maximum absolute atomic E-state index is 5.43. The molecule has 1 aromatic carbocycles. The van der Waals surface area contributed by atoms with Crippen LogP contribution in [0.3, 0.4) is 0 Å². The van der Waals surface area contributed by atoms with Crippen LogP contribution in [0, 0.1) is 0 Å². The first-order valence-corrected chi connectivity index (χ1v) is 9.30. The molecule has 0 atom stereocenters. The van der Waals surface area contributed by atoms with Crippen LogP contribution in [0.5, 0.6) is 0 Å². The van der Waals surface area contributed by atoms with Gasteiger partial charge in [-0.2, -0.15) is 4.98 Å². The molecule has 0 fully saturated rings. The standard InChI is InChI=1S/C21H21N5O/c1-25-12-8-19-17(14-25)16-4-2-3-5-18(16)26(19)13-9-20-23-21(27-24-20)15-6-10-22-11-7-15/h2-7,10-11H,8-9,12-14H2,1H3. The maximum atomic E-state index is 5.43. The Morgan fingerprint density at radius 3 is 2.85 bits per heavy atom. The third-order valence-electron chi connectivity index (χ3n) is 5.31. The van der Waals surface area contributed by atoms with E-state index in [-0.39, 0.29) is 0 Å². The first kappa shape index (κ1) is 16.2. The SMILES string of the molecule is CN1CCc2c(c3ccccc3n2CCc2noc(-c3ccncc3)n2)C1. The van der Waals surface area contributed by atoms with Gasteiger partial charge in [0, 0.05) is 67.0 Å². The van der Waals surface area contributed by atoms with E-state index in [1.54, 1.807) is 12.4 Å². The van der Waals surface area contributed by atoms with Gasteiger partial charge in [0.05, 0.1) is 0 Å². The third-order valence-corrected chi connectivity index (χ3v) is 5.31. The molecule has 0 N–H and O–H groups in total. The minimum Gasteiger partial charge on any atom is -0.344 e. The van der Waals surface area contributed by atoms with E-state index in [0.29, 0.717) is 5.89 Å². The molecule has 0 bridgehead atoms. The Bertz CT molecular complexity index is 1080. The summed E-state index contributed by atoms with van der Waals surface area (Å²) in [5.41, 5.74) is 5.11. The molecule has 0 saturated heterocycles. The zero-order valence-electron chi connectivity index (χ0n) is 15.3. The molecule has 27 heavy (non-hydrogen) atoms. The second-order valence-electron chi connectivity index (χ2n) is 7.08. The van der Waals surface area contributed by atoms with Gasteiger partial charge in [0.15, 0.2) is 5.82 Å². The summed E-state index contributed by atoms with van der Waals surface area (Å²) < 4.78 is 7.87. The van der Waals surface area contributed by atoms with Gasteiger partial charge in [-0.1, -0.05) is 23.4 Å². The molecule has 136 valence electrons. The summed E-state index contributed by atoms with van der Waals surface area (Å²) in [5.74, 6) is 1.29. The molecular weight excluding hydrogens is 338 g/mol. The van der Waals surface area contributed by atoms with E-state index in [4.69, 9.17) is 4.52 Å². The van der Waals surface area contributed by atoms with Crippen molar-refractivity contribution in [1.29, 1.82) is 0 Å². The summed E-state index contributed by atoms with van der Waals surface area (Å²) in [6.45, 7) is 2.96. The number of fused-ring (bicyclic) bond motifs is 3. The lowest BCUT2D eigenvalue weighted by molar-refractivity contribution is 0.309. The summed E-state index contributed by atoms with van der Waals surface area (Å²) in [4.78, 5) is 11.0. The summed E-state index contributed by atoms with van der Waals surface area (Å²) in [5, 5.41) is 5.53. The number of aromatic nitrogens is 4. The highest BCUT2D eigenvalue weighted by Gasteiger charge is 2.22. The first-order chi connectivity index (χ1) is 13.3. The van der Waals surface area contributed by atoms with Gasteiger partial charge < -0.3 is 14.0 Å². The van der Waals surface area contributed by atoms with Crippen molar-refractivity contribution in [3.05, 3.63) is 65.9 Å². The van der Waals surface area contributed by atoms with E-state index >= 15 is 0 Å². The van der Waals surface area contributed by atoms with Gasteiger partial charge in [-0.15, -0.1) is 0 Å². The van der Waals surface area contributed by atoms with Crippen molar-refractivity contribution in [2.45, 2.75) is 25.9 Å². The molecule has 0 amide bonds. The van der Waals surface area contributed by atoms with Crippen LogP contribution in [0.25, 0.3) is 22.4 Å². The fraction of sp³-hybridized carbons (Fsp3) is 0.286. The second-order valence-corrected chi connectivity index (χ2v) is 7.08. The molecule has 1 aliphatic rings. The van der Waals surface area contributed by atoms with E-state index in [0.717, 1.165) is 43.9 Å². The fourth-order valence-electron chi connectivity index (χ4n) is 3.97. The normalized spacial score (nSPS) is 14.6. The Hall–Kier alpha value is -2.99. The Labute approximate surface area is 157 Å². The number of para-hydroxylation sites is 1. The number of benzene rings is 1. The molecule has 0 unspecified atom stereocenters. The number of hydrogen-bond donors (Lipinski definition) is 0. The van der Waals surface area contributed by atoms with Crippen LogP contribution in [0.1, 0.15) is 17.1 Å². The van der Waals surface area contributed by atoms with Gasteiger partial charge in [0.1, 0.15) is 0 Å². The highest BCUT2D eigenvalue weighted by Crippen LogP contribution is 2.30. The highest BCUT2D eigenvalue weighted by atomic mass is 16.5. The minimum absolute atomic E-state index is 0.549. The van der Waals surface area contributed by atoms with Crippen LogP contribution >= 0.6 is 0 Å². The maximum Gasteiger partial charge on any atom is 0.258 e. The molecule has 0 aliphatic carbocycles. The van der Waals surface area contributed by atoms with Gasteiger partial charge in [0.25, 0.3) is 5.89 Å². The lowest BCUT2D eigenvalue weighted by Gasteiger charge is -2.24. The molecule has 5 rings (SSSR count). The average Bonchev–Trinajstić information content (AvgIpc) is 3.30. The van der Waals surface area contributed by atoms with Crippen molar-refractivity contribution in [2.75, 3.05) is 13.6 Å².